The normalized spacial score (nSPS) is 13.5. The van der Waals surface area contributed by atoms with Crippen LogP contribution in [0.1, 0.15) is 26.7 Å². The van der Waals surface area contributed by atoms with E-state index in [-0.39, 0.29) is 4.90 Å². The number of benzene rings is 1. The lowest BCUT2D eigenvalue weighted by atomic mass is 10.1. The molecule has 0 aliphatic heterocycles. The molecular formula is C14H25N3O2S. The zero-order valence-corrected chi connectivity index (χ0v) is 13.7. The highest BCUT2D eigenvalue weighted by atomic mass is 32.2. The first-order valence-electron chi connectivity index (χ1n) is 6.76. The van der Waals surface area contributed by atoms with Gasteiger partial charge in [0.05, 0.1) is 16.3 Å². The number of hydrogen-bond acceptors (Lipinski definition) is 4. The summed E-state index contributed by atoms with van der Waals surface area (Å²) in [6.07, 6.45) is 2.16. The average molecular weight is 299 g/mol. The number of nitrogens with zero attached hydrogens (tertiary/aromatic N) is 2. The molecule has 0 saturated heterocycles. The monoisotopic (exact) mass is 299 g/mol. The number of hydrogen-bond donors (Lipinski definition) is 1. The van der Waals surface area contributed by atoms with Crippen LogP contribution in [0.5, 0.6) is 0 Å². The third kappa shape index (κ3) is 3.43. The second-order valence-electron chi connectivity index (χ2n) is 5.26. The summed E-state index contributed by atoms with van der Waals surface area (Å²) in [5.74, 6) is 0. The highest BCUT2D eigenvalue weighted by Gasteiger charge is 2.19. The van der Waals surface area contributed by atoms with Gasteiger partial charge in [0.1, 0.15) is 0 Å². The molecule has 5 nitrogen and oxygen atoms in total. The molecule has 6 heteroatoms. The van der Waals surface area contributed by atoms with Gasteiger partial charge >= 0.3 is 0 Å². The maximum atomic E-state index is 12.1. The van der Waals surface area contributed by atoms with Crippen molar-refractivity contribution < 1.29 is 8.42 Å². The van der Waals surface area contributed by atoms with E-state index in [0.717, 1.165) is 18.5 Å². The third-order valence-corrected chi connectivity index (χ3v) is 5.34. The van der Waals surface area contributed by atoms with E-state index in [9.17, 15) is 8.42 Å². The molecule has 1 aromatic rings. The van der Waals surface area contributed by atoms with Crippen LogP contribution in [0.3, 0.4) is 0 Å². The fraction of sp³-hybridized carbons (Fsp3) is 0.571. The Kier molecular flexibility index (Phi) is 5.42. The van der Waals surface area contributed by atoms with Gasteiger partial charge in [0.2, 0.25) is 10.0 Å². The van der Waals surface area contributed by atoms with Gasteiger partial charge < -0.3 is 10.6 Å². The van der Waals surface area contributed by atoms with Gasteiger partial charge in [-0.25, -0.2) is 12.7 Å². The molecular weight excluding hydrogens is 274 g/mol. The molecule has 0 bridgehead atoms. The lowest BCUT2D eigenvalue weighted by Crippen LogP contribution is -2.29. The molecule has 1 aromatic carbocycles. The van der Waals surface area contributed by atoms with Crippen molar-refractivity contribution in [3.05, 3.63) is 18.2 Å². The van der Waals surface area contributed by atoms with Crippen LogP contribution in [-0.2, 0) is 10.0 Å². The number of nitrogens with two attached hydrogens (primary N) is 1. The minimum atomic E-state index is -3.44. The van der Waals surface area contributed by atoms with Crippen LogP contribution >= 0.6 is 0 Å². The van der Waals surface area contributed by atoms with Crippen molar-refractivity contribution in [2.45, 2.75) is 37.6 Å². The van der Waals surface area contributed by atoms with Gasteiger partial charge in [-0.2, -0.15) is 0 Å². The fourth-order valence-corrected chi connectivity index (χ4v) is 3.01. The van der Waals surface area contributed by atoms with Crippen molar-refractivity contribution in [3.8, 4) is 0 Å². The van der Waals surface area contributed by atoms with Crippen LogP contribution in [0.25, 0.3) is 0 Å². The molecule has 1 rings (SSSR count). The molecule has 1 atom stereocenters. The van der Waals surface area contributed by atoms with E-state index in [1.54, 1.807) is 12.1 Å². The van der Waals surface area contributed by atoms with Crippen LogP contribution in [-0.4, -0.2) is 39.9 Å². The Morgan fingerprint density at radius 2 is 1.85 bits per heavy atom. The van der Waals surface area contributed by atoms with E-state index in [0.29, 0.717) is 11.7 Å². The lowest BCUT2D eigenvalue weighted by molar-refractivity contribution is 0.521. The quantitative estimate of drug-likeness (QED) is 0.817. The first-order chi connectivity index (χ1) is 9.21. The summed E-state index contributed by atoms with van der Waals surface area (Å²) in [5, 5.41) is 0. The topological polar surface area (TPSA) is 66.6 Å². The fourth-order valence-electron chi connectivity index (χ4n) is 2.07. The number of nitrogen functional groups attached to an aromatic ring is 1. The highest BCUT2D eigenvalue weighted by molar-refractivity contribution is 7.89. The predicted molar refractivity (Wildman–Crippen MR) is 84.5 cm³/mol. The minimum absolute atomic E-state index is 0.222. The zero-order valence-electron chi connectivity index (χ0n) is 12.9. The van der Waals surface area contributed by atoms with Gasteiger partial charge in [-0.15, -0.1) is 0 Å². The van der Waals surface area contributed by atoms with Gasteiger partial charge in [0.15, 0.2) is 0 Å². The summed E-state index contributed by atoms with van der Waals surface area (Å²) in [6.45, 7) is 4.27. The Hall–Kier alpha value is -1.27. The van der Waals surface area contributed by atoms with Crippen molar-refractivity contribution in [3.63, 3.8) is 0 Å². The lowest BCUT2D eigenvalue weighted by Gasteiger charge is -2.28. The minimum Gasteiger partial charge on any atom is -0.397 e. The Labute approximate surface area is 122 Å². The van der Waals surface area contributed by atoms with E-state index in [1.165, 1.54) is 24.5 Å². The second-order valence-corrected chi connectivity index (χ2v) is 7.41. The van der Waals surface area contributed by atoms with Crippen LogP contribution in [0.4, 0.5) is 11.4 Å². The summed E-state index contributed by atoms with van der Waals surface area (Å²) >= 11 is 0. The van der Waals surface area contributed by atoms with Gasteiger partial charge in [-0.3, -0.25) is 0 Å². The largest absolute Gasteiger partial charge is 0.397 e. The van der Waals surface area contributed by atoms with Gasteiger partial charge in [0, 0.05) is 27.2 Å². The van der Waals surface area contributed by atoms with Gasteiger partial charge in [0.25, 0.3) is 0 Å². The molecule has 0 saturated carbocycles. The SMILES string of the molecule is CCCC(C)N(C)c1ccc(S(=O)(=O)N(C)C)cc1N. The summed E-state index contributed by atoms with van der Waals surface area (Å²) in [4.78, 5) is 2.31. The summed E-state index contributed by atoms with van der Waals surface area (Å²) in [6, 6.07) is 5.27. The molecule has 0 heterocycles. The van der Waals surface area contributed by atoms with Crippen LogP contribution in [0.2, 0.25) is 0 Å². The Morgan fingerprint density at radius 1 is 1.25 bits per heavy atom. The number of sulfonamides is 1. The zero-order chi connectivity index (χ0) is 15.5. The molecule has 0 amide bonds. The van der Waals surface area contributed by atoms with Crippen molar-refractivity contribution >= 4 is 21.4 Å². The number of rotatable bonds is 6. The first kappa shape index (κ1) is 16.8. The molecule has 0 fully saturated rings. The van der Waals surface area contributed by atoms with Crippen molar-refractivity contribution in [1.29, 1.82) is 0 Å². The molecule has 0 aliphatic rings. The molecule has 0 aromatic heterocycles. The molecule has 114 valence electrons. The second kappa shape index (κ2) is 6.45. The van der Waals surface area contributed by atoms with E-state index in [4.69, 9.17) is 5.73 Å². The maximum absolute atomic E-state index is 12.1. The Morgan fingerprint density at radius 3 is 2.30 bits per heavy atom. The molecule has 2 N–H and O–H groups in total. The van der Waals surface area contributed by atoms with Gasteiger partial charge in [-0.1, -0.05) is 13.3 Å². The maximum Gasteiger partial charge on any atom is 0.242 e. The average Bonchev–Trinajstić information content (AvgIpc) is 2.37. The predicted octanol–water partition coefficient (Wildman–Crippen LogP) is 2.14. The van der Waals surface area contributed by atoms with E-state index in [1.807, 2.05) is 7.05 Å². The molecule has 0 spiro atoms. The summed E-state index contributed by atoms with van der Waals surface area (Å²) < 4.78 is 25.3. The third-order valence-electron chi connectivity index (χ3n) is 3.53. The van der Waals surface area contributed by atoms with Crippen molar-refractivity contribution in [2.24, 2.45) is 0 Å². The first-order valence-corrected chi connectivity index (χ1v) is 8.20. The Balaban J connectivity index is 3.12. The molecule has 20 heavy (non-hydrogen) atoms. The summed E-state index contributed by atoms with van der Waals surface area (Å²) in [5.41, 5.74) is 7.38. The van der Waals surface area contributed by atoms with Crippen molar-refractivity contribution in [2.75, 3.05) is 31.8 Å². The molecule has 0 aliphatic carbocycles. The van der Waals surface area contributed by atoms with E-state index < -0.39 is 10.0 Å². The smallest absolute Gasteiger partial charge is 0.242 e. The van der Waals surface area contributed by atoms with Crippen LogP contribution < -0.4 is 10.6 Å². The van der Waals surface area contributed by atoms with Crippen molar-refractivity contribution in [1.82, 2.24) is 4.31 Å². The van der Waals surface area contributed by atoms with E-state index in [2.05, 4.69) is 18.7 Å². The molecule has 0 radical (unpaired) electrons. The van der Waals surface area contributed by atoms with E-state index >= 15 is 0 Å². The van der Waals surface area contributed by atoms with Crippen LogP contribution in [0, 0.1) is 0 Å². The molecule has 1 unspecified atom stereocenters. The standard InChI is InChI=1S/C14H25N3O2S/c1-6-7-11(2)17(5)14-9-8-12(10-13(14)15)20(18,19)16(3)4/h8-11H,6-7,15H2,1-5H3. The Bertz CT molecular complexity index is 556. The van der Waals surface area contributed by atoms with Crippen LogP contribution in [0.15, 0.2) is 23.1 Å². The highest BCUT2D eigenvalue weighted by Crippen LogP contribution is 2.28. The number of anilines is 2. The van der Waals surface area contributed by atoms with Gasteiger partial charge in [-0.05, 0) is 31.5 Å². The summed E-state index contributed by atoms with van der Waals surface area (Å²) in [7, 11) is 1.56.